The van der Waals surface area contributed by atoms with Gasteiger partial charge < -0.3 is 5.73 Å². The second kappa shape index (κ2) is 3.94. The largest absolute Gasteiger partial charge is 0.384 e. The molecular weight excluding hydrogens is 244 g/mol. The Hall–Kier alpha value is -2.61. The molecule has 4 rings (SSSR count). The van der Waals surface area contributed by atoms with E-state index in [9.17, 15) is 0 Å². The first-order valence-corrected chi connectivity index (χ1v) is 6.73. The number of nitrogens with two attached hydrogens (primary N) is 1. The summed E-state index contributed by atoms with van der Waals surface area (Å²) in [5, 5.41) is 10.3. The molecule has 0 fully saturated rings. The van der Waals surface area contributed by atoms with Crippen molar-refractivity contribution in [3.63, 3.8) is 0 Å². The zero-order valence-electron chi connectivity index (χ0n) is 11.0. The van der Waals surface area contributed by atoms with E-state index in [1.807, 2.05) is 12.1 Å². The third-order valence-electron chi connectivity index (χ3n) is 4.10. The highest BCUT2D eigenvalue weighted by Gasteiger charge is 2.24. The third-order valence-corrected chi connectivity index (χ3v) is 4.10. The molecule has 0 bridgehead atoms. The molecule has 3 N–H and O–H groups in total. The fourth-order valence-corrected chi connectivity index (χ4v) is 3.23. The first-order valence-electron chi connectivity index (χ1n) is 6.73. The minimum atomic E-state index is 0.153. The molecule has 0 aromatic heterocycles. The Labute approximate surface area is 117 Å². The normalized spacial score (nSPS) is 12.2. The van der Waals surface area contributed by atoms with Gasteiger partial charge in [0.1, 0.15) is 5.84 Å². The van der Waals surface area contributed by atoms with E-state index in [2.05, 4.69) is 42.5 Å². The summed E-state index contributed by atoms with van der Waals surface area (Å²) >= 11 is 0. The molecule has 20 heavy (non-hydrogen) atoms. The number of fused-ring (bicyclic) bond motifs is 5. The van der Waals surface area contributed by atoms with Gasteiger partial charge in [-0.05, 0) is 45.5 Å². The maximum atomic E-state index is 7.86. The van der Waals surface area contributed by atoms with Gasteiger partial charge in [0.05, 0.1) is 0 Å². The standard InChI is InChI=1S/C18H14N2/c19-18(20)16-10-12-6-2-4-8-14(12)17-13-7-3-1-5-11(13)9-15(16)17/h1-8,10H,9H2,(H3,19,20). The smallest absolute Gasteiger partial charge is 0.123 e. The van der Waals surface area contributed by atoms with Crippen LogP contribution >= 0.6 is 0 Å². The van der Waals surface area contributed by atoms with Crippen LogP contribution in [0.3, 0.4) is 0 Å². The first-order chi connectivity index (χ1) is 9.75. The molecule has 0 heterocycles. The first kappa shape index (κ1) is 11.2. The highest BCUT2D eigenvalue weighted by Crippen LogP contribution is 2.42. The van der Waals surface area contributed by atoms with Gasteiger partial charge in [-0.3, -0.25) is 5.41 Å². The van der Waals surface area contributed by atoms with E-state index in [4.69, 9.17) is 11.1 Å². The molecule has 0 aliphatic heterocycles. The van der Waals surface area contributed by atoms with Gasteiger partial charge in [0, 0.05) is 5.56 Å². The molecule has 3 aromatic carbocycles. The lowest BCUT2D eigenvalue weighted by atomic mass is 9.93. The van der Waals surface area contributed by atoms with Crippen molar-refractivity contribution in [1.29, 1.82) is 5.41 Å². The number of amidine groups is 1. The van der Waals surface area contributed by atoms with Crippen LogP contribution in [-0.4, -0.2) is 5.84 Å². The van der Waals surface area contributed by atoms with Gasteiger partial charge in [0.15, 0.2) is 0 Å². The van der Waals surface area contributed by atoms with E-state index in [1.165, 1.54) is 27.6 Å². The summed E-state index contributed by atoms with van der Waals surface area (Å²) in [6.07, 6.45) is 0.866. The van der Waals surface area contributed by atoms with Gasteiger partial charge in [0.25, 0.3) is 0 Å². The quantitative estimate of drug-likeness (QED) is 0.397. The molecule has 2 heteroatoms. The Balaban J connectivity index is 2.19. The fourth-order valence-electron chi connectivity index (χ4n) is 3.23. The van der Waals surface area contributed by atoms with Crippen molar-refractivity contribution in [2.75, 3.05) is 0 Å². The van der Waals surface area contributed by atoms with Crippen molar-refractivity contribution in [3.8, 4) is 11.1 Å². The van der Waals surface area contributed by atoms with E-state index in [0.29, 0.717) is 0 Å². The summed E-state index contributed by atoms with van der Waals surface area (Å²) in [4.78, 5) is 0. The molecule has 1 aliphatic rings. The fraction of sp³-hybridized carbons (Fsp3) is 0.0556. The van der Waals surface area contributed by atoms with Crippen LogP contribution in [0.4, 0.5) is 0 Å². The minimum Gasteiger partial charge on any atom is -0.384 e. The lowest BCUT2D eigenvalue weighted by Gasteiger charge is -2.11. The summed E-state index contributed by atoms with van der Waals surface area (Å²) in [5.74, 6) is 0.153. The number of nitrogen functional groups attached to an aromatic ring is 1. The average Bonchev–Trinajstić information content (AvgIpc) is 2.85. The van der Waals surface area contributed by atoms with Crippen LogP contribution in [0.25, 0.3) is 21.9 Å². The van der Waals surface area contributed by atoms with Gasteiger partial charge >= 0.3 is 0 Å². The van der Waals surface area contributed by atoms with Crippen LogP contribution in [0.5, 0.6) is 0 Å². The lowest BCUT2D eigenvalue weighted by molar-refractivity contribution is 1.25. The average molecular weight is 258 g/mol. The molecule has 1 aliphatic carbocycles. The maximum Gasteiger partial charge on any atom is 0.123 e. The van der Waals surface area contributed by atoms with Gasteiger partial charge in [0.2, 0.25) is 0 Å². The lowest BCUT2D eigenvalue weighted by Crippen LogP contribution is -2.13. The summed E-state index contributed by atoms with van der Waals surface area (Å²) in [5.41, 5.74) is 11.7. The number of nitrogens with one attached hydrogen (secondary N) is 1. The number of benzene rings is 3. The highest BCUT2D eigenvalue weighted by molar-refractivity contribution is 6.09. The molecule has 0 radical (unpaired) electrons. The highest BCUT2D eigenvalue weighted by atomic mass is 14.7. The zero-order chi connectivity index (χ0) is 13.7. The monoisotopic (exact) mass is 258 g/mol. The van der Waals surface area contributed by atoms with Crippen LogP contribution in [-0.2, 0) is 6.42 Å². The molecule has 0 unspecified atom stereocenters. The molecule has 0 atom stereocenters. The molecule has 0 spiro atoms. The number of rotatable bonds is 1. The molecule has 0 saturated carbocycles. The molecule has 2 nitrogen and oxygen atoms in total. The number of hydrogen-bond donors (Lipinski definition) is 2. The van der Waals surface area contributed by atoms with Crippen LogP contribution < -0.4 is 5.73 Å². The summed E-state index contributed by atoms with van der Waals surface area (Å²) in [6, 6.07) is 18.8. The minimum absolute atomic E-state index is 0.153. The van der Waals surface area contributed by atoms with E-state index in [-0.39, 0.29) is 5.84 Å². The second-order valence-corrected chi connectivity index (χ2v) is 5.25. The van der Waals surface area contributed by atoms with Gasteiger partial charge in [-0.15, -0.1) is 0 Å². The van der Waals surface area contributed by atoms with Crippen LogP contribution in [0.15, 0.2) is 54.6 Å². The molecule has 0 amide bonds. The zero-order valence-corrected chi connectivity index (χ0v) is 11.0. The van der Waals surface area contributed by atoms with Crippen molar-refractivity contribution in [2.24, 2.45) is 5.73 Å². The summed E-state index contributed by atoms with van der Waals surface area (Å²) in [6.45, 7) is 0. The maximum absolute atomic E-state index is 7.86. The van der Waals surface area contributed by atoms with Crippen molar-refractivity contribution in [1.82, 2.24) is 0 Å². The van der Waals surface area contributed by atoms with Crippen molar-refractivity contribution >= 4 is 16.6 Å². The predicted molar refractivity (Wildman–Crippen MR) is 83.2 cm³/mol. The second-order valence-electron chi connectivity index (χ2n) is 5.25. The topological polar surface area (TPSA) is 49.9 Å². The van der Waals surface area contributed by atoms with E-state index in [1.54, 1.807) is 0 Å². The van der Waals surface area contributed by atoms with Crippen molar-refractivity contribution < 1.29 is 0 Å². The van der Waals surface area contributed by atoms with Crippen molar-refractivity contribution in [2.45, 2.75) is 6.42 Å². The summed E-state index contributed by atoms with van der Waals surface area (Å²) < 4.78 is 0. The Bertz CT molecular complexity index is 862. The number of hydrogen-bond acceptors (Lipinski definition) is 1. The van der Waals surface area contributed by atoms with Gasteiger partial charge in [-0.25, -0.2) is 0 Å². The van der Waals surface area contributed by atoms with Gasteiger partial charge in [-0.1, -0.05) is 48.5 Å². The van der Waals surface area contributed by atoms with E-state index < -0.39 is 0 Å². The van der Waals surface area contributed by atoms with Gasteiger partial charge in [-0.2, -0.15) is 0 Å². The Morgan fingerprint density at radius 1 is 1.00 bits per heavy atom. The molecular formula is C18H14N2. The Morgan fingerprint density at radius 2 is 1.75 bits per heavy atom. The summed E-state index contributed by atoms with van der Waals surface area (Å²) in [7, 11) is 0. The SMILES string of the molecule is N=C(N)c1cc2ccccc2c2c1Cc1ccccc1-2. The Kier molecular flexibility index (Phi) is 2.21. The van der Waals surface area contributed by atoms with Crippen LogP contribution in [0, 0.1) is 5.41 Å². The predicted octanol–water partition coefficient (Wildman–Crippen LogP) is 3.70. The van der Waals surface area contributed by atoms with E-state index >= 15 is 0 Å². The van der Waals surface area contributed by atoms with Crippen molar-refractivity contribution in [3.05, 3.63) is 71.3 Å². The van der Waals surface area contributed by atoms with Crippen LogP contribution in [0.2, 0.25) is 0 Å². The van der Waals surface area contributed by atoms with E-state index in [0.717, 1.165) is 17.4 Å². The van der Waals surface area contributed by atoms with Crippen LogP contribution in [0.1, 0.15) is 16.7 Å². The molecule has 0 saturated heterocycles. The third kappa shape index (κ3) is 1.42. The molecule has 96 valence electrons. The Morgan fingerprint density at radius 3 is 2.60 bits per heavy atom. The molecule has 3 aromatic rings.